The number of hydrogen-bond donors (Lipinski definition) is 0. The second-order valence-corrected chi connectivity index (χ2v) is 14.3. The Kier molecular flexibility index (Phi) is 7.96. The first-order chi connectivity index (χ1) is 24.3. The average Bonchev–Trinajstić information content (AvgIpc) is 3.78. The summed E-state index contributed by atoms with van der Waals surface area (Å²) in [5.41, 5.74) is 17.1. The Bertz CT molecular complexity index is 2410. The van der Waals surface area contributed by atoms with Gasteiger partial charge in [0.2, 0.25) is 5.95 Å². The zero-order valence-electron chi connectivity index (χ0n) is 29.2. The van der Waals surface area contributed by atoms with Gasteiger partial charge < -0.3 is 0 Å². The van der Waals surface area contributed by atoms with Crippen molar-refractivity contribution in [2.24, 2.45) is 0 Å². The Hall–Kier alpha value is -5.40. The third kappa shape index (κ3) is 5.24. The number of nitrogens with zero attached hydrogens (tertiary/aromatic N) is 5. The Morgan fingerprint density at radius 3 is 2.08 bits per heavy atom. The maximum atomic E-state index is 5.07. The molecular formula is C43H37BN5S. The summed E-state index contributed by atoms with van der Waals surface area (Å²) in [4.78, 5) is 19.7. The summed E-state index contributed by atoms with van der Waals surface area (Å²) in [6.45, 7) is 13.2. The molecule has 0 atom stereocenters. The third-order valence-corrected chi connectivity index (χ3v) is 10.9. The van der Waals surface area contributed by atoms with E-state index >= 15 is 0 Å². The lowest BCUT2D eigenvalue weighted by molar-refractivity contribution is 0.661. The summed E-state index contributed by atoms with van der Waals surface area (Å²) in [7, 11) is 2.07. The summed E-state index contributed by atoms with van der Waals surface area (Å²) in [5, 5.41) is 0. The lowest BCUT2D eigenvalue weighted by atomic mass is 9.81. The van der Waals surface area contributed by atoms with Gasteiger partial charge in [-0.3, -0.25) is 4.57 Å². The highest BCUT2D eigenvalue weighted by Gasteiger charge is 2.37. The van der Waals surface area contributed by atoms with E-state index in [1.165, 1.54) is 38.1 Å². The van der Waals surface area contributed by atoms with Crippen LogP contribution in [-0.2, 0) is 5.41 Å². The molecule has 0 amide bonds. The van der Waals surface area contributed by atoms with Crippen LogP contribution < -0.4 is 0 Å². The Labute approximate surface area is 298 Å². The van der Waals surface area contributed by atoms with Gasteiger partial charge in [0.15, 0.2) is 11.6 Å². The topological polar surface area (TPSA) is 56.5 Å². The summed E-state index contributed by atoms with van der Waals surface area (Å²) in [6, 6.07) is 31.7. The molecule has 1 aliphatic carbocycles. The zero-order chi connectivity index (χ0) is 34.6. The second kappa shape index (κ2) is 12.5. The smallest absolute Gasteiger partial charge is 0.238 e. The van der Waals surface area contributed by atoms with Crippen molar-refractivity contribution in [2.45, 2.75) is 46.9 Å². The number of aromatic nitrogens is 5. The van der Waals surface area contributed by atoms with Crippen molar-refractivity contribution in [1.82, 2.24) is 24.5 Å². The molecule has 3 aromatic heterocycles. The van der Waals surface area contributed by atoms with Gasteiger partial charge in [0.25, 0.3) is 0 Å². The molecule has 0 unspecified atom stereocenters. The number of allylic oxidation sites excluding steroid dienone is 1. The number of rotatable bonds is 7. The van der Waals surface area contributed by atoms with Gasteiger partial charge in [-0.2, -0.15) is 9.97 Å². The van der Waals surface area contributed by atoms with Crippen molar-refractivity contribution in [2.75, 3.05) is 0 Å². The highest BCUT2D eigenvalue weighted by atomic mass is 32.1. The van der Waals surface area contributed by atoms with Crippen LogP contribution in [0.3, 0.4) is 0 Å². The van der Waals surface area contributed by atoms with Crippen LogP contribution in [0.4, 0.5) is 0 Å². The van der Waals surface area contributed by atoms with Crippen LogP contribution in [0.5, 0.6) is 0 Å². The molecule has 5 nitrogen and oxygen atoms in total. The number of thiazole rings is 1. The Morgan fingerprint density at radius 1 is 0.780 bits per heavy atom. The molecule has 3 heterocycles. The largest absolute Gasteiger partial charge is 0.286 e. The first-order valence-electron chi connectivity index (χ1n) is 17.0. The van der Waals surface area contributed by atoms with Gasteiger partial charge >= 0.3 is 0 Å². The van der Waals surface area contributed by atoms with Crippen LogP contribution in [0, 0.1) is 13.8 Å². The van der Waals surface area contributed by atoms with Gasteiger partial charge in [-0.25, -0.2) is 9.97 Å². The minimum atomic E-state index is -0.0692. The molecule has 50 heavy (non-hydrogen) atoms. The number of fused-ring (bicyclic) bond motifs is 5. The van der Waals surface area contributed by atoms with E-state index < -0.39 is 0 Å². The fourth-order valence-electron chi connectivity index (χ4n) is 7.37. The maximum Gasteiger partial charge on any atom is 0.238 e. The summed E-state index contributed by atoms with van der Waals surface area (Å²) >= 11 is 1.73. The van der Waals surface area contributed by atoms with Crippen LogP contribution in [0.15, 0.2) is 102 Å². The van der Waals surface area contributed by atoms with E-state index in [1.54, 1.807) is 11.3 Å². The first kappa shape index (κ1) is 31.8. The van der Waals surface area contributed by atoms with E-state index in [2.05, 4.69) is 99.9 Å². The Balaban J connectivity index is 1.29. The number of hydrogen-bond acceptors (Lipinski definition) is 5. The summed E-state index contributed by atoms with van der Waals surface area (Å²) in [6.07, 6.45) is 4.51. The molecule has 7 aromatic rings. The predicted octanol–water partition coefficient (Wildman–Crippen LogP) is 10.8. The van der Waals surface area contributed by atoms with Gasteiger partial charge in [-0.05, 0) is 66.8 Å². The third-order valence-electron chi connectivity index (χ3n) is 10.0. The Morgan fingerprint density at radius 2 is 1.42 bits per heavy atom. The molecule has 1 radical (unpaired) electrons. The van der Waals surface area contributed by atoms with Crippen molar-refractivity contribution < 1.29 is 0 Å². The van der Waals surface area contributed by atoms with E-state index in [4.69, 9.17) is 15.0 Å². The monoisotopic (exact) mass is 666 g/mol. The quantitative estimate of drug-likeness (QED) is 0.159. The SMILES string of the molecule is C[B]/C=C\c1c(/C=C(\C)c2ccc3c(c2)-c2c(ccc4ncsc24)C3(C)C)c(C)n(-c2nc(-c3ccccc3)nc(-c3ccccc3)n2)c1C. The molecule has 8 rings (SSSR count). The van der Waals surface area contributed by atoms with Crippen molar-refractivity contribution in [3.05, 3.63) is 142 Å². The van der Waals surface area contributed by atoms with Crippen LogP contribution in [0.2, 0.25) is 6.82 Å². The molecule has 243 valence electrons. The predicted molar refractivity (Wildman–Crippen MR) is 211 cm³/mol. The van der Waals surface area contributed by atoms with Crippen molar-refractivity contribution >= 4 is 46.6 Å². The van der Waals surface area contributed by atoms with E-state index in [-0.39, 0.29) is 5.41 Å². The fourth-order valence-corrected chi connectivity index (χ4v) is 8.22. The van der Waals surface area contributed by atoms with Gasteiger partial charge in [0.1, 0.15) is 7.28 Å². The van der Waals surface area contributed by atoms with Crippen LogP contribution >= 0.6 is 11.3 Å². The van der Waals surface area contributed by atoms with Crippen molar-refractivity contribution in [3.8, 4) is 39.9 Å². The average molecular weight is 667 g/mol. The molecular weight excluding hydrogens is 629 g/mol. The molecule has 0 saturated heterocycles. The van der Waals surface area contributed by atoms with E-state index in [0.29, 0.717) is 17.6 Å². The molecule has 0 fully saturated rings. The van der Waals surface area contributed by atoms with Gasteiger partial charge in [-0.1, -0.05) is 106 Å². The van der Waals surface area contributed by atoms with E-state index in [9.17, 15) is 0 Å². The lowest BCUT2D eigenvalue weighted by Crippen LogP contribution is -2.14. The molecule has 4 aromatic carbocycles. The molecule has 0 N–H and O–H groups in total. The first-order valence-corrected chi connectivity index (χ1v) is 17.9. The summed E-state index contributed by atoms with van der Waals surface area (Å²) in [5.74, 6) is 3.99. The maximum absolute atomic E-state index is 5.07. The van der Waals surface area contributed by atoms with E-state index in [0.717, 1.165) is 39.2 Å². The van der Waals surface area contributed by atoms with Crippen LogP contribution in [0.25, 0.3) is 67.8 Å². The molecule has 0 aliphatic heterocycles. The van der Waals surface area contributed by atoms with Crippen LogP contribution in [-0.4, -0.2) is 31.8 Å². The second-order valence-electron chi connectivity index (χ2n) is 13.4. The van der Waals surface area contributed by atoms with Crippen LogP contribution in [0.1, 0.15) is 60.0 Å². The van der Waals surface area contributed by atoms with E-state index in [1.807, 2.05) is 73.0 Å². The van der Waals surface area contributed by atoms with Crippen molar-refractivity contribution in [3.63, 3.8) is 0 Å². The fraction of sp³-hybridized carbons (Fsp3) is 0.163. The molecule has 7 heteroatoms. The van der Waals surface area contributed by atoms with Gasteiger partial charge in [0, 0.05) is 44.6 Å². The van der Waals surface area contributed by atoms with Crippen molar-refractivity contribution in [1.29, 1.82) is 0 Å². The van der Waals surface area contributed by atoms with Gasteiger partial charge in [-0.15, -0.1) is 17.3 Å². The molecule has 0 spiro atoms. The molecule has 0 bridgehead atoms. The minimum Gasteiger partial charge on any atom is -0.286 e. The lowest BCUT2D eigenvalue weighted by Gasteiger charge is -2.21. The minimum absolute atomic E-state index is 0.0692. The molecule has 1 aliphatic rings. The van der Waals surface area contributed by atoms with Gasteiger partial charge in [0.05, 0.1) is 15.7 Å². The highest BCUT2D eigenvalue weighted by Crippen LogP contribution is 2.52. The standard InChI is InChI=1S/C43H37BN5S/c1-26(31-17-18-35-34(24-31)38-36(43(35,4)5)19-20-37-39(38)50-25-45-37)23-33-28(3)49(27(2)32(33)21-22-44-6)42-47-40(29-13-9-7-10-14-29)46-41(48-42)30-15-11-8-12-16-30/h7-25H,1-6H3/b22-21-,26-23+. The zero-order valence-corrected chi connectivity index (χ0v) is 30.0. The normalized spacial score (nSPS) is 13.6. The molecule has 0 saturated carbocycles. The summed E-state index contributed by atoms with van der Waals surface area (Å²) < 4.78 is 3.44. The number of benzene rings is 4. The highest BCUT2D eigenvalue weighted by molar-refractivity contribution is 7.17.